The Bertz CT molecular complexity index is 943. The lowest BCUT2D eigenvalue weighted by Crippen LogP contribution is -2.31. The van der Waals surface area contributed by atoms with Gasteiger partial charge in [-0.05, 0) is 23.9 Å². The number of benzene rings is 1. The molecule has 0 spiro atoms. The molecule has 0 amide bonds. The maximum Gasteiger partial charge on any atom is 0.151 e. The number of thiophene rings is 1. The van der Waals surface area contributed by atoms with Crippen LogP contribution >= 0.6 is 11.3 Å². The normalized spacial score (nSPS) is 19.8. The van der Waals surface area contributed by atoms with Gasteiger partial charge < -0.3 is 9.84 Å². The van der Waals surface area contributed by atoms with Crippen LogP contribution in [0.15, 0.2) is 41.8 Å². The molecule has 5 nitrogen and oxygen atoms in total. The molecule has 0 saturated carbocycles. The van der Waals surface area contributed by atoms with Gasteiger partial charge in [0.15, 0.2) is 6.23 Å². The number of para-hydroxylation sites is 1. The molecular weight excluding hydrogens is 370 g/mol. The Morgan fingerprint density at radius 2 is 2.00 bits per heavy atom. The van der Waals surface area contributed by atoms with Crippen molar-refractivity contribution in [2.45, 2.75) is 44.9 Å². The molecule has 1 aromatic carbocycles. The maximum absolute atomic E-state index is 11.2. The van der Waals surface area contributed by atoms with E-state index in [-0.39, 0.29) is 11.5 Å². The van der Waals surface area contributed by atoms with Gasteiger partial charge in [0.25, 0.3) is 0 Å². The van der Waals surface area contributed by atoms with Gasteiger partial charge in [0.2, 0.25) is 0 Å². The highest BCUT2D eigenvalue weighted by molar-refractivity contribution is 7.09. The van der Waals surface area contributed by atoms with Crippen molar-refractivity contribution in [2.75, 3.05) is 13.7 Å². The van der Waals surface area contributed by atoms with E-state index in [9.17, 15) is 5.11 Å². The van der Waals surface area contributed by atoms with Gasteiger partial charge in [0, 0.05) is 28.0 Å². The van der Waals surface area contributed by atoms with Crippen LogP contribution in [0.5, 0.6) is 5.75 Å². The molecule has 28 heavy (non-hydrogen) atoms. The first-order chi connectivity index (χ1) is 13.4. The number of aliphatic hydroxyl groups excluding tert-OH is 1. The van der Waals surface area contributed by atoms with Crippen LogP contribution < -0.4 is 4.74 Å². The van der Waals surface area contributed by atoms with E-state index in [1.165, 1.54) is 4.88 Å². The smallest absolute Gasteiger partial charge is 0.151 e. The lowest BCUT2D eigenvalue weighted by atomic mass is 9.85. The predicted molar refractivity (Wildman–Crippen MR) is 112 cm³/mol. The standard InChI is InChI=1S/C22H27N3O2S/c1-22(2,3)20-17-18(23-24-20)21(26)25(12-11-14-8-7-13-28-14)19(17)15-9-5-6-10-16(15)27-4/h5-10,13,19,21,26H,11-12H2,1-4H3,(H,23,24)/t19?,21-/m1/s1. The van der Waals surface area contributed by atoms with Gasteiger partial charge in [-0.2, -0.15) is 5.10 Å². The van der Waals surface area contributed by atoms with Crippen LogP contribution in [0.4, 0.5) is 0 Å². The van der Waals surface area contributed by atoms with E-state index in [1.54, 1.807) is 18.4 Å². The molecule has 4 rings (SSSR count). The molecule has 2 N–H and O–H groups in total. The zero-order valence-electron chi connectivity index (χ0n) is 16.8. The van der Waals surface area contributed by atoms with Crippen molar-refractivity contribution < 1.29 is 9.84 Å². The van der Waals surface area contributed by atoms with Crippen molar-refractivity contribution in [3.8, 4) is 5.75 Å². The molecule has 1 aliphatic rings. The van der Waals surface area contributed by atoms with E-state index >= 15 is 0 Å². The number of rotatable bonds is 5. The van der Waals surface area contributed by atoms with Crippen molar-refractivity contribution in [2.24, 2.45) is 0 Å². The summed E-state index contributed by atoms with van der Waals surface area (Å²) in [4.78, 5) is 3.46. The van der Waals surface area contributed by atoms with Gasteiger partial charge >= 0.3 is 0 Å². The molecule has 1 aliphatic heterocycles. The van der Waals surface area contributed by atoms with Gasteiger partial charge in [0.1, 0.15) is 5.75 Å². The number of hydrogen-bond acceptors (Lipinski definition) is 5. The summed E-state index contributed by atoms with van der Waals surface area (Å²) in [7, 11) is 1.70. The Morgan fingerprint density at radius 3 is 2.68 bits per heavy atom. The highest BCUT2D eigenvalue weighted by Gasteiger charge is 2.44. The molecule has 2 atom stereocenters. The molecule has 3 aromatic rings. The van der Waals surface area contributed by atoms with Gasteiger partial charge in [-0.3, -0.25) is 10.00 Å². The number of methoxy groups -OCH3 is 1. The molecule has 0 fully saturated rings. The lowest BCUT2D eigenvalue weighted by Gasteiger charge is -2.30. The van der Waals surface area contributed by atoms with Gasteiger partial charge in [-0.1, -0.05) is 45.0 Å². The van der Waals surface area contributed by atoms with Crippen LogP contribution in [0.25, 0.3) is 0 Å². The number of fused-ring (bicyclic) bond motifs is 1. The molecule has 3 heterocycles. The van der Waals surface area contributed by atoms with Crippen molar-refractivity contribution in [3.63, 3.8) is 0 Å². The number of hydrogen-bond donors (Lipinski definition) is 2. The Morgan fingerprint density at radius 1 is 1.21 bits per heavy atom. The van der Waals surface area contributed by atoms with E-state index in [1.807, 2.05) is 18.2 Å². The SMILES string of the molecule is COc1ccccc1C1c2c(C(C)(C)C)n[nH]c2[C@@H](O)N1CCc1cccs1. The van der Waals surface area contributed by atoms with Crippen LogP contribution in [0, 0.1) is 0 Å². The van der Waals surface area contributed by atoms with E-state index in [0.717, 1.165) is 41.2 Å². The molecule has 1 unspecified atom stereocenters. The quantitative estimate of drug-likeness (QED) is 0.669. The Hall–Kier alpha value is -2.15. The lowest BCUT2D eigenvalue weighted by molar-refractivity contribution is -0.00182. The summed E-state index contributed by atoms with van der Waals surface area (Å²) in [5, 5.41) is 21.0. The second kappa shape index (κ2) is 7.35. The molecule has 0 saturated heterocycles. The number of nitrogens with zero attached hydrogens (tertiary/aromatic N) is 2. The second-order valence-electron chi connectivity index (χ2n) is 8.23. The molecule has 0 aliphatic carbocycles. The maximum atomic E-state index is 11.2. The van der Waals surface area contributed by atoms with E-state index in [0.29, 0.717) is 0 Å². The second-order valence-corrected chi connectivity index (χ2v) is 9.27. The third-order valence-corrected chi connectivity index (χ3v) is 6.29. The monoisotopic (exact) mass is 397 g/mol. The fourth-order valence-corrected chi connectivity index (χ4v) is 4.75. The summed E-state index contributed by atoms with van der Waals surface area (Å²) >= 11 is 1.75. The minimum absolute atomic E-state index is 0.103. The fraction of sp³-hybridized carbons (Fsp3) is 0.409. The third-order valence-electron chi connectivity index (χ3n) is 5.35. The molecule has 0 radical (unpaired) electrons. The molecule has 0 bridgehead atoms. The summed E-state index contributed by atoms with van der Waals surface area (Å²) in [6.45, 7) is 7.22. The summed E-state index contributed by atoms with van der Waals surface area (Å²) in [5.74, 6) is 0.828. The zero-order valence-corrected chi connectivity index (χ0v) is 17.6. The van der Waals surface area contributed by atoms with Crippen molar-refractivity contribution in [1.29, 1.82) is 0 Å². The zero-order chi connectivity index (χ0) is 19.9. The number of H-pyrrole nitrogens is 1. The Labute approximate surface area is 170 Å². The van der Waals surface area contributed by atoms with Crippen LogP contribution in [0.1, 0.15) is 60.4 Å². The van der Waals surface area contributed by atoms with Crippen LogP contribution in [0.3, 0.4) is 0 Å². The van der Waals surface area contributed by atoms with Crippen LogP contribution in [0.2, 0.25) is 0 Å². The van der Waals surface area contributed by atoms with Gasteiger partial charge in [-0.15, -0.1) is 11.3 Å². The van der Waals surface area contributed by atoms with Crippen LogP contribution in [-0.2, 0) is 11.8 Å². The molecule has 2 aromatic heterocycles. The van der Waals surface area contributed by atoms with Crippen LogP contribution in [-0.4, -0.2) is 33.9 Å². The number of aliphatic hydroxyl groups is 1. The highest BCUT2D eigenvalue weighted by atomic mass is 32.1. The largest absolute Gasteiger partial charge is 0.496 e. The van der Waals surface area contributed by atoms with Crippen molar-refractivity contribution >= 4 is 11.3 Å². The fourth-order valence-electron chi connectivity index (χ4n) is 4.05. The topological polar surface area (TPSA) is 61.4 Å². The summed E-state index contributed by atoms with van der Waals surface area (Å²) < 4.78 is 5.67. The third kappa shape index (κ3) is 3.26. The number of aromatic amines is 1. The molecule has 6 heteroatoms. The van der Waals surface area contributed by atoms with Crippen molar-refractivity contribution in [1.82, 2.24) is 15.1 Å². The molecule has 148 valence electrons. The first-order valence-corrected chi connectivity index (χ1v) is 10.5. The van der Waals surface area contributed by atoms with E-state index in [4.69, 9.17) is 4.74 Å². The number of nitrogens with one attached hydrogen (secondary N) is 1. The Kier molecular flexibility index (Phi) is 5.04. The molecular formula is C22H27N3O2S. The van der Waals surface area contributed by atoms with Gasteiger partial charge in [-0.25, -0.2) is 0 Å². The van der Waals surface area contributed by atoms with E-state index < -0.39 is 6.23 Å². The van der Waals surface area contributed by atoms with Crippen molar-refractivity contribution in [3.05, 3.63) is 69.2 Å². The summed E-state index contributed by atoms with van der Waals surface area (Å²) in [6, 6.07) is 12.2. The first-order valence-electron chi connectivity index (χ1n) is 9.59. The number of ether oxygens (including phenoxy) is 1. The summed E-state index contributed by atoms with van der Waals surface area (Å²) in [6.07, 6.45) is 0.177. The average Bonchev–Trinajstić information content (AvgIpc) is 3.37. The van der Waals surface area contributed by atoms with E-state index in [2.05, 4.69) is 59.4 Å². The highest BCUT2D eigenvalue weighted by Crippen LogP contribution is 2.49. The number of aromatic nitrogens is 2. The predicted octanol–water partition coefficient (Wildman–Crippen LogP) is 4.42. The average molecular weight is 398 g/mol. The van der Waals surface area contributed by atoms with Gasteiger partial charge in [0.05, 0.1) is 24.5 Å². The first kappa shape index (κ1) is 19.2. The summed E-state index contributed by atoms with van der Waals surface area (Å²) in [5.41, 5.74) is 3.80. The Balaban J connectivity index is 1.80. The minimum Gasteiger partial charge on any atom is -0.496 e. The minimum atomic E-state index is -0.714.